The van der Waals surface area contributed by atoms with Crippen LogP contribution in [0.4, 0.5) is 0 Å². The normalized spacial score (nSPS) is 14.1. The summed E-state index contributed by atoms with van der Waals surface area (Å²) in [5.74, 6) is 0.845. The lowest BCUT2D eigenvalue weighted by molar-refractivity contribution is 0.314. The second-order valence-corrected chi connectivity index (χ2v) is 4.67. The highest BCUT2D eigenvalue weighted by molar-refractivity contribution is 4.57. The van der Waals surface area contributed by atoms with Gasteiger partial charge in [-0.05, 0) is 53.5 Å². The smallest absolute Gasteiger partial charge is 0.0000920 e. The number of nitrogens with zero attached hydrogens (tertiary/aromatic N) is 2. The molecule has 0 aromatic heterocycles. The van der Waals surface area contributed by atoms with Gasteiger partial charge in [0, 0.05) is 6.54 Å². The summed E-state index contributed by atoms with van der Waals surface area (Å²) in [5, 5.41) is 0. The van der Waals surface area contributed by atoms with Crippen LogP contribution in [-0.4, -0.2) is 51.1 Å². The van der Waals surface area contributed by atoms with Gasteiger partial charge in [-0.25, -0.2) is 0 Å². The van der Waals surface area contributed by atoms with Crippen molar-refractivity contribution in [2.75, 3.05) is 41.3 Å². The minimum Gasteiger partial charge on any atom is -0.309 e. The predicted octanol–water partition coefficient (Wildman–Crippen LogP) is 1.92. The molecule has 0 bridgehead atoms. The predicted molar refractivity (Wildman–Crippen MR) is 60.1 cm³/mol. The van der Waals surface area contributed by atoms with Crippen molar-refractivity contribution in [2.24, 2.45) is 5.92 Å². The van der Waals surface area contributed by atoms with Crippen LogP contribution in [0.1, 0.15) is 26.2 Å². The average Bonchev–Trinajstić information content (AvgIpc) is 1.96. The summed E-state index contributed by atoms with van der Waals surface area (Å²) < 4.78 is 0. The van der Waals surface area contributed by atoms with Crippen molar-refractivity contribution in [3.05, 3.63) is 0 Å². The van der Waals surface area contributed by atoms with Gasteiger partial charge in [-0.15, -0.1) is 0 Å². The maximum Gasteiger partial charge on any atom is 0.0000920 e. The molecule has 0 heterocycles. The Bertz CT molecular complexity index is 111. The van der Waals surface area contributed by atoms with Crippen LogP contribution in [0.25, 0.3) is 0 Å². The maximum atomic E-state index is 2.34. The van der Waals surface area contributed by atoms with Crippen LogP contribution in [-0.2, 0) is 0 Å². The Labute approximate surface area is 83.9 Å². The van der Waals surface area contributed by atoms with Gasteiger partial charge < -0.3 is 9.80 Å². The first-order chi connectivity index (χ1) is 6.02. The molecule has 0 spiro atoms. The third-order valence-electron chi connectivity index (χ3n) is 2.23. The molecule has 1 unspecified atom stereocenters. The summed E-state index contributed by atoms with van der Waals surface area (Å²) in [7, 11) is 8.58. The van der Waals surface area contributed by atoms with Gasteiger partial charge in [0.25, 0.3) is 0 Å². The first kappa shape index (κ1) is 12.9. The zero-order valence-corrected chi connectivity index (χ0v) is 10.0. The summed E-state index contributed by atoms with van der Waals surface area (Å²) in [6, 6.07) is 0. The Morgan fingerprint density at radius 1 is 0.923 bits per heavy atom. The number of rotatable bonds is 7. The molecule has 80 valence electrons. The molecule has 0 radical (unpaired) electrons. The van der Waals surface area contributed by atoms with Crippen LogP contribution in [0.3, 0.4) is 0 Å². The van der Waals surface area contributed by atoms with Crippen molar-refractivity contribution in [1.82, 2.24) is 9.80 Å². The van der Waals surface area contributed by atoms with Crippen LogP contribution in [0.2, 0.25) is 0 Å². The summed E-state index contributed by atoms with van der Waals surface area (Å²) in [5.41, 5.74) is 0. The molecular weight excluding hydrogens is 160 g/mol. The quantitative estimate of drug-likeness (QED) is 0.560. The minimum atomic E-state index is 0.845. The van der Waals surface area contributed by atoms with Crippen molar-refractivity contribution in [3.8, 4) is 0 Å². The Balaban J connectivity index is 3.22. The molecule has 0 amide bonds. The van der Waals surface area contributed by atoms with E-state index in [1.54, 1.807) is 0 Å². The van der Waals surface area contributed by atoms with Gasteiger partial charge in [0.1, 0.15) is 0 Å². The van der Waals surface area contributed by atoms with E-state index in [0.717, 1.165) is 5.92 Å². The molecule has 0 aliphatic rings. The largest absolute Gasteiger partial charge is 0.309 e. The molecule has 0 aromatic carbocycles. The Morgan fingerprint density at radius 3 is 2.00 bits per heavy atom. The van der Waals surface area contributed by atoms with E-state index in [1.807, 2.05) is 0 Å². The van der Waals surface area contributed by atoms with Crippen LogP contribution in [0.5, 0.6) is 0 Å². The highest BCUT2D eigenvalue weighted by atomic mass is 15.1. The van der Waals surface area contributed by atoms with Gasteiger partial charge in [0.05, 0.1) is 0 Å². The lowest BCUT2D eigenvalue weighted by Crippen LogP contribution is -2.20. The maximum absolute atomic E-state index is 2.34. The first-order valence-electron chi connectivity index (χ1n) is 5.32. The molecule has 2 nitrogen and oxygen atoms in total. The highest BCUT2D eigenvalue weighted by Gasteiger charge is 2.02. The topological polar surface area (TPSA) is 6.48 Å². The molecule has 0 fully saturated rings. The molecule has 0 N–H and O–H groups in total. The van der Waals surface area contributed by atoms with E-state index in [9.17, 15) is 0 Å². The van der Waals surface area contributed by atoms with Gasteiger partial charge in [-0.2, -0.15) is 0 Å². The van der Waals surface area contributed by atoms with E-state index in [-0.39, 0.29) is 0 Å². The molecule has 13 heavy (non-hydrogen) atoms. The van der Waals surface area contributed by atoms with Gasteiger partial charge in [-0.1, -0.05) is 13.3 Å². The number of hydrogen-bond acceptors (Lipinski definition) is 2. The van der Waals surface area contributed by atoms with Crippen molar-refractivity contribution in [2.45, 2.75) is 26.2 Å². The summed E-state index contributed by atoms with van der Waals surface area (Å²) in [6.07, 6.45) is 4.07. The Kier molecular flexibility index (Phi) is 7.29. The summed E-state index contributed by atoms with van der Waals surface area (Å²) in [6.45, 7) is 4.80. The molecule has 2 heteroatoms. The number of hydrogen-bond donors (Lipinski definition) is 0. The molecule has 0 saturated heterocycles. The van der Waals surface area contributed by atoms with Crippen LogP contribution in [0, 0.1) is 5.92 Å². The second kappa shape index (κ2) is 7.34. The molecule has 1 atom stereocenters. The fraction of sp³-hybridized carbons (Fsp3) is 1.00. The zero-order chi connectivity index (χ0) is 10.3. The fourth-order valence-electron chi connectivity index (χ4n) is 1.64. The molecule has 0 aliphatic carbocycles. The number of unbranched alkanes of at least 4 members (excludes halogenated alkanes) is 1. The SMILES string of the molecule is CC(CCCCN(C)C)CN(C)C. The molecule has 0 rings (SSSR count). The molecule has 0 aromatic rings. The molecular formula is C11H26N2. The Morgan fingerprint density at radius 2 is 1.54 bits per heavy atom. The summed E-state index contributed by atoms with van der Waals surface area (Å²) in [4.78, 5) is 4.53. The fourth-order valence-corrected chi connectivity index (χ4v) is 1.64. The van der Waals surface area contributed by atoms with Gasteiger partial charge >= 0.3 is 0 Å². The van der Waals surface area contributed by atoms with E-state index >= 15 is 0 Å². The second-order valence-electron chi connectivity index (χ2n) is 4.67. The monoisotopic (exact) mass is 186 g/mol. The minimum absolute atomic E-state index is 0.845. The van der Waals surface area contributed by atoms with Gasteiger partial charge in [0.15, 0.2) is 0 Å². The van der Waals surface area contributed by atoms with Crippen molar-refractivity contribution in [1.29, 1.82) is 0 Å². The zero-order valence-electron chi connectivity index (χ0n) is 10.0. The van der Waals surface area contributed by atoms with Crippen LogP contribution < -0.4 is 0 Å². The Hall–Kier alpha value is -0.0800. The van der Waals surface area contributed by atoms with Crippen LogP contribution in [0.15, 0.2) is 0 Å². The van der Waals surface area contributed by atoms with Gasteiger partial charge in [0.2, 0.25) is 0 Å². The van der Waals surface area contributed by atoms with E-state index in [0.29, 0.717) is 0 Å². The van der Waals surface area contributed by atoms with Gasteiger partial charge in [-0.3, -0.25) is 0 Å². The standard InChI is InChI=1S/C11H26N2/c1-11(10-13(4)5)8-6-7-9-12(2)3/h11H,6-10H2,1-5H3. The third-order valence-corrected chi connectivity index (χ3v) is 2.23. The highest BCUT2D eigenvalue weighted by Crippen LogP contribution is 2.08. The molecule has 0 aliphatic heterocycles. The first-order valence-corrected chi connectivity index (χ1v) is 5.32. The van der Waals surface area contributed by atoms with E-state index in [1.165, 1.54) is 32.4 Å². The van der Waals surface area contributed by atoms with Crippen molar-refractivity contribution >= 4 is 0 Å². The third kappa shape index (κ3) is 9.84. The van der Waals surface area contributed by atoms with Crippen LogP contribution >= 0.6 is 0 Å². The molecule has 0 saturated carbocycles. The van der Waals surface area contributed by atoms with E-state index in [4.69, 9.17) is 0 Å². The summed E-state index contributed by atoms with van der Waals surface area (Å²) >= 11 is 0. The average molecular weight is 186 g/mol. The lowest BCUT2D eigenvalue weighted by Gasteiger charge is -2.17. The van der Waals surface area contributed by atoms with Crippen molar-refractivity contribution in [3.63, 3.8) is 0 Å². The lowest BCUT2D eigenvalue weighted by atomic mass is 10.0. The van der Waals surface area contributed by atoms with E-state index < -0.39 is 0 Å². The van der Waals surface area contributed by atoms with E-state index in [2.05, 4.69) is 44.9 Å². The van der Waals surface area contributed by atoms with Crippen molar-refractivity contribution < 1.29 is 0 Å².